The first-order valence-corrected chi connectivity index (χ1v) is 13.5. The van der Waals surface area contributed by atoms with Gasteiger partial charge in [-0.3, -0.25) is 19.1 Å². The van der Waals surface area contributed by atoms with Crippen LogP contribution in [0.5, 0.6) is 0 Å². The predicted molar refractivity (Wildman–Crippen MR) is 124 cm³/mol. The third kappa shape index (κ3) is 5.94. The van der Waals surface area contributed by atoms with Crippen LogP contribution in [0.25, 0.3) is 0 Å². The van der Waals surface area contributed by atoms with Crippen LogP contribution in [0.15, 0.2) is 24.3 Å². The summed E-state index contributed by atoms with van der Waals surface area (Å²) in [5.74, 6) is -0.259. The van der Waals surface area contributed by atoms with Gasteiger partial charge >= 0.3 is 0 Å². The fourth-order valence-corrected chi connectivity index (χ4v) is 6.59. The third-order valence-corrected chi connectivity index (χ3v) is 8.77. The van der Waals surface area contributed by atoms with Crippen molar-refractivity contribution in [2.24, 2.45) is 5.92 Å². The van der Waals surface area contributed by atoms with Gasteiger partial charge in [0.1, 0.15) is 11.6 Å². The first-order chi connectivity index (χ1) is 15.1. The zero-order valence-corrected chi connectivity index (χ0v) is 20.4. The van der Waals surface area contributed by atoms with Crippen molar-refractivity contribution in [2.75, 3.05) is 20.3 Å². The van der Waals surface area contributed by atoms with Crippen molar-refractivity contribution in [3.63, 3.8) is 0 Å². The molecule has 8 heteroatoms. The molecule has 0 aromatic heterocycles. The molecule has 3 unspecified atom stereocenters. The number of fused-ring (bicyclic) bond motifs is 2. The van der Waals surface area contributed by atoms with E-state index in [1.807, 2.05) is 24.3 Å². The number of rotatable bonds is 10. The Morgan fingerprint density at radius 2 is 1.81 bits per heavy atom. The molecular weight excluding hydrogens is 427 g/mol. The van der Waals surface area contributed by atoms with Crippen molar-refractivity contribution in [2.45, 2.75) is 70.6 Å². The summed E-state index contributed by atoms with van der Waals surface area (Å²) in [6, 6.07) is 7.99. The van der Waals surface area contributed by atoms with Crippen LogP contribution in [0, 0.1) is 5.92 Å². The molecule has 176 valence electrons. The molecule has 2 bridgehead atoms. The number of Topliss-reactive ketones (excluding diaryl/α,β-unsaturated/α-hetero) is 2. The molecule has 0 saturated carbocycles. The van der Waals surface area contributed by atoms with Crippen LogP contribution in [-0.2, 0) is 29.9 Å². The molecular formula is C24H35N2O5P. The summed E-state index contributed by atoms with van der Waals surface area (Å²) in [5.41, 5.74) is 1.01. The molecule has 1 aromatic rings. The lowest BCUT2D eigenvalue weighted by Crippen LogP contribution is -2.52. The predicted octanol–water partition coefficient (Wildman–Crippen LogP) is 2.70. The summed E-state index contributed by atoms with van der Waals surface area (Å²) in [5, 5.41) is 3.45. The van der Waals surface area contributed by atoms with Gasteiger partial charge in [0.05, 0.1) is 12.0 Å². The Hall–Kier alpha value is -1.82. The fraction of sp³-hybridized carbons (Fsp3) is 0.625. The minimum absolute atomic E-state index is 0.00414. The molecule has 1 amide bonds. The molecule has 1 aromatic carbocycles. The Morgan fingerprint density at radius 3 is 2.44 bits per heavy atom. The van der Waals surface area contributed by atoms with E-state index in [0.717, 1.165) is 24.8 Å². The number of hydrogen-bond donors (Lipinski definition) is 1. The lowest BCUT2D eigenvalue weighted by Gasteiger charge is -2.42. The number of benzene rings is 1. The second-order valence-corrected chi connectivity index (χ2v) is 11.7. The second kappa shape index (κ2) is 10.4. The van der Waals surface area contributed by atoms with Gasteiger partial charge in [0.15, 0.2) is 0 Å². The largest absolute Gasteiger partial charge is 0.356 e. The number of carbonyl (C=O) groups excluding carboxylic acids is 3. The molecule has 0 spiro atoms. The smallest absolute Gasteiger partial charge is 0.229 e. The van der Waals surface area contributed by atoms with Crippen LogP contribution in [-0.4, -0.2) is 60.8 Å². The van der Waals surface area contributed by atoms with Crippen molar-refractivity contribution in [3.8, 4) is 0 Å². The van der Waals surface area contributed by atoms with Crippen molar-refractivity contribution in [1.29, 1.82) is 0 Å². The highest BCUT2D eigenvalue weighted by Gasteiger charge is 2.49. The van der Waals surface area contributed by atoms with Crippen molar-refractivity contribution >= 4 is 30.1 Å². The highest BCUT2D eigenvalue weighted by Crippen LogP contribution is 2.49. The Labute approximate surface area is 190 Å². The van der Waals surface area contributed by atoms with Crippen molar-refractivity contribution in [1.82, 2.24) is 10.2 Å². The van der Waals surface area contributed by atoms with Crippen molar-refractivity contribution < 1.29 is 23.5 Å². The number of amides is 1. The van der Waals surface area contributed by atoms with E-state index in [0.29, 0.717) is 24.3 Å². The zero-order chi connectivity index (χ0) is 23.5. The van der Waals surface area contributed by atoms with E-state index in [1.54, 1.807) is 13.6 Å². The Bertz CT molecular complexity index is 900. The van der Waals surface area contributed by atoms with Gasteiger partial charge in [-0.25, -0.2) is 0 Å². The van der Waals surface area contributed by atoms with Crippen LogP contribution in [0.1, 0.15) is 51.5 Å². The van der Waals surface area contributed by atoms with Gasteiger partial charge in [-0.15, -0.1) is 0 Å². The van der Waals surface area contributed by atoms with E-state index < -0.39 is 7.37 Å². The van der Waals surface area contributed by atoms with Gasteiger partial charge in [0.25, 0.3) is 0 Å². The normalized spacial score (nSPS) is 27.0. The second-order valence-electron chi connectivity index (χ2n) is 9.29. The molecule has 2 aliphatic heterocycles. The van der Waals surface area contributed by atoms with Crippen LogP contribution in [0.3, 0.4) is 0 Å². The average molecular weight is 463 g/mol. The molecule has 32 heavy (non-hydrogen) atoms. The number of hydrogen-bond acceptors (Lipinski definition) is 6. The minimum Gasteiger partial charge on any atom is -0.356 e. The van der Waals surface area contributed by atoms with Crippen molar-refractivity contribution in [3.05, 3.63) is 29.8 Å². The van der Waals surface area contributed by atoms with E-state index in [9.17, 15) is 18.9 Å². The number of ketones is 2. The SMILES string of the molecule is CC(=O)CCC(=O)NCCc1ccc(P(C)(=O)O[C@H]2CC3CCC([C@H]2C(C)=O)N3C)cc1. The van der Waals surface area contributed by atoms with E-state index in [-0.39, 0.29) is 48.4 Å². The molecule has 2 fully saturated rings. The van der Waals surface area contributed by atoms with Crippen LogP contribution < -0.4 is 10.6 Å². The van der Waals surface area contributed by atoms with Crippen LogP contribution >= 0.6 is 7.37 Å². The summed E-state index contributed by atoms with van der Waals surface area (Å²) in [4.78, 5) is 37.3. The quantitative estimate of drug-likeness (QED) is 0.538. The maximum atomic E-state index is 13.5. The van der Waals surface area contributed by atoms with Gasteiger partial charge in [0.2, 0.25) is 13.3 Å². The standard InChI is InChI=1S/C24H35N2O5P/c1-16(27)5-12-23(29)25-14-13-18-6-9-20(10-7-18)32(4,30)31-22-15-19-8-11-21(26(19)3)24(22)17(2)28/h6-7,9-10,19,21-22,24H,5,8,11-15H2,1-4H3,(H,25,29)/t19?,21?,22-,24+,32?/m0/s1. The topological polar surface area (TPSA) is 92.8 Å². The monoisotopic (exact) mass is 462 g/mol. The summed E-state index contributed by atoms with van der Waals surface area (Å²) >= 11 is 0. The molecule has 3 rings (SSSR count). The first-order valence-electron chi connectivity index (χ1n) is 11.4. The molecule has 7 nitrogen and oxygen atoms in total. The number of nitrogens with zero attached hydrogens (tertiary/aromatic N) is 1. The average Bonchev–Trinajstić information content (AvgIpc) is 2.95. The Morgan fingerprint density at radius 1 is 1.12 bits per heavy atom. The molecule has 2 heterocycles. The minimum atomic E-state index is -3.09. The third-order valence-electron chi connectivity index (χ3n) is 6.87. The fourth-order valence-electron chi connectivity index (χ4n) is 5.04. The molecule has 2 saturated heterocycles. The van der Waals surface area contributed by atoms with Gasteiger partial charge in [-0.2, -0.15) is 0 Å². The Kier molecular flexibility index (Phi) is 8.07. The summed E-state index contributed by atoms with van der Waals surface area (Å²) in [7, 11) is -1.01. The maximum Gasteiger partial charge on any atom is 0.229 e. The molecule has 1 N–H and O–H groups in total. The zero-order valence-electron chi connectivity index (χ0n) is 19.5. The number of nitrogens with one attached hydrogen (secondary N) is 1. The molecule has 5 atom stereocenters. The van der Waals surface area contributed by atoms with Gasteiger partial charge in [-0.1, -0.05) is 12.1 Å². The maximum absolute atomic E-state index is 13.5. The van der Waals surface area contributed by atoms with E-state index in [2.05, 4.69) is 17.3 Å². The van der Waals surface area contributed by atoms with Crippen LogP contribution in [0.4, 0.5) is 0 Å². The van der Waals surface area contributed by atoms with Gasteiger partial charge in [-0.05, 0) is 64.3 Å². The highest BCUT2D eigenvalue weighted by molar-refractivity contribution is 7.66. The van der Waals surface area contributed by atoms with E-state index in [4.69, 9.17) is 4.52 Å². The highest BCUT2D eigenvalue weighted by atomic mass is 31.2. The lowest BCUT2D eigenvalue weighted by atomic mass is 9.85. The van der Waals surface area contributed by atoms with Crippen LogP contribution in [0.2, 0.25) is 0 Å². The summed E-state index contributed by atoms with van der Waals surface area (Å²) in [6.45, 7) is 5.20. The van der Waals surface area contributed by atoms with Gasteiger partial charge in [0, 0.05) is 43.4 Å². The lowest BCUT2D eigenvalue weighted by molar-refractivity contribution is -0.128. The Balaban J connectivity index is 1.58. The number of carbonyl (C=O) groups is 3. The van der Waals surface area contributed by atoms with Gasteiger partial charge < -0.3 is 14.6 Å². The van der Waals surface area contributed by atoms with E-state index in [1.165, 1.54) is 6.92 Å². The summed E-state index contributed by atoms with van der Waals surface area (Å²) in [6.07, 6.45) is 3.57. The molecule has 0 aliphatic carbocycles. The molecule has 2 aliphatic rings. The molecule has 0 radical (unpaired) electrons. The summed E-state index contributed by atoms with van der Waals surface area (Å²) < 4.78 is 19.7. The van der Waals surface area contributed by atoms with E-state index >= 15 is 0 Å². The first kappa shape index (κ1) is 24.8. The number of piperidine rings is 1.